The maximum atomic E-state index is 13.1. The van der Waals surface area contributed by atoms with Crippen molar-refractivity contribution in [2.24, 2.45) is 5.92 Å². The molecule has 1 saturated heterocycles. The van der Waals surface area contributed by atoms with Crippen LogP contribution in [0.3, 0.4) is 0 Å². The predicted octanol–water partition coefficient (Wildman–Crippen LogP) is 3.26. The summed E-state index contributed by atoms with van der Waals surface area (Å²) >= 11 is 0. The molecule has 1 fully saturated rings. The second-order valence-corrected chi connectivity index (χ2v) is 8.75. The van der Waals surface area contributed by atoms with Crippen molar-refractivity contribution < 1.29 is 17.5 Å². The number of hydrogen-bond acceptors (Lipinski definition) is 4. The molecule has 2 aromatic rings. The maximum absolute atomic E-state index is 13.1. The van der Waals surface area contributed by atoms with Gasteiger partial charge in [-0.15, -0.1) is 0 Å². The Morgan fingerprint density at radius 2 is 1.89 bits per heavy atom. The van der Waals surface area contributed by atoms with E-state index < -0.39 is 10.0 Å². The third-order valence-electron chi connectivity index (χ3n) is 5.02. The van der Waals surface area contributed by atoms with Crippen LogP contribution in [0.1, 0.15) is 17.5 Å². The van der Waals surface area contributed by atoms with Gasteiger partial charge >= 0.3 is 0 Å². The van der Waals surface area contributed by atoms with Crippen molar-refractivity contribution in [3.05, 3.63) is 53.3 Å². The van der Waals surface area contributed by atoms with Crippen LogP contribution in [0.2, 0.25) is 0 Å². The molecule has 0 aromatic heterocycles. The average molecular weight is 392 g/mol. The highest BCUT2D eigenvalue weighted by molar-refractivity contribution is 7.89. The number of halogens is 1. The van der Waals surface area contributed by atoms with Crippen LogP contribution in [0.4, 0.5) is 10.1 Å². The maximum Gasteiger partial charge on any atom is 0.240 e. The standard InChI is InChI=1S/C20H25FN2O3S/c1-14-11-20(15(2)10-19(14)26-3)27(24,25)22-12-16-8-9-23(13-16)18-6-4-17(21)5-7-18/h4-7,10-11,16,22H,8-9,12-13H2,1-3H3. The minimum absolute atomic E-state index is 0.212. The van der Waals surface area contributed by atoms with E-state index in [0.29, 0.717) is 17.9 Å². The van der Waals surface area contributed by atoms with Crippen molar-refractivity contribution in [2.75, 3.05) is 31.6 Å². The first-order chi connectivity index (χ1) is 12.8. The Kier molecular flexibility index (Phi) is 5.72. The molecule has 0 amide bonds. The summed E-state index contributed by atoms with van der Waals surface area (Å²) in [6.07, 6.45) is 0.889. The number of sulfonamides is 1. The van der Waals surface area contributed by atoms with E-state index in [1.165, 1.54) is 12.1 Å². The van der Waals surface area contributed by atoms with E-state index in [1.807, 2.05) is 6.92 Å². The second kappa shape index (κ2) is 7.86. The fourth-order valence-electron chi connectivity index (χ4n) is 3.46. The number of aryl methyl sites for hydroxylation is 2. The first-order valence-corrected chi connectivity index (χ1v) is 10.4. The van der Waals surface area contributed by atoms with Gasteiger partial charge in [-0.25, -0.2) is 17.5 Å². The molecule has 0 radical (unpaired) electrons. The summed E-state index contributed by atoms with van der Waals surface area (Å²) in [5.74, 6) is 0.633. The predicted molar refractivity (Wildman–Crippen MR) is 104 cm³/mol. The van der Waals surface area contributed by atoms with E-state index in [4.69, 9.17) is 4.74 Å². The number of ether oxygens (including phenoxy) is 1. The van der Waals surface area contributed by atoms with Gasteiger partial charge in [0, 0.05) is 25.3 Å². The lowest BCUT2D eigenvalue weighted by atomic mass is 10.1. The molecule has 146 valence electrons. The lowest BCUT2D eigenvalue weighted by Crippen LogP contribution is -2.31. The number of benzene rings is 2. The Bertz CT molecular complexity index is 914. The smallest absolute Gasteiger partial charge is 0.240 e. The molecule has 0 bridgehead atoms. The van der Waals surface area contributed by atoms with Gasteiger partial charge in [0.15, 0.2) is 0 Å². The van der Waals surface area contributed by atoms with Crippen LogP contribution in [0.5, 0.6) is 5.75 Å². The average Bonchev–Trinajstić information content (AvgIpc) is 3.11. The van der Waals surface area contributed by atoms with Gasteiger partial charge in [0.25, 0.3) is 0 Å². The van der Waals surface area contributed by atoms with E-state index >= 15 is 0 Å². The molecule has 2 aromatic carbocycles. The van der Waals surface area contributed by atoms with Crippen molar-refractivity contribution in [2.45, 2.75) is 25.2 Å². The van der Waals surface area contributed by atoms with Crippen LogP contribution < -0.4 is 14.4 Å². The van der Waals surface area contributed by atoms with Gasteiger partial charge in [-0.3, -0.25) is 0 Å². The molecule has 0 aliphatic carbocycles. The fourth-order valence-corrected chi connectivity index (χ4v) is 4.89. The Morgan fingerprint density at radius 1 is 1.19 bits per heavy atom. The molecule has 5 nitrogen and oxygen atoms in total. The third kappa shape index (κ3) is 4.42. The monoisotopic (exact) mass is 392 g/mol. The van der Waals surface area contributed by atoms with Crippen molar-refractivity contribution in [1.29, 1.82) is 0 Å². The van der Waals surface area contributed by atoms with Crippen molar-refractivity contribution in [3.8, 4) is 5.75 Å². The number of anilines is 1. The number of nitrogens with zero attached hydrogens (tertiary/aromatic N) is 1. The molecule has 0 spiro atoms. The molecule has 1 aliphatic rings. The minimum Gasteiger partial charge on any atom is -0.496 e. The highest BCUT2D eigenvalue weighted by Crippen LogP contribution is 2.27. The largest absolute Gasteiger partial charge is 0.496 e. The molecular weight excluding hydrogens is 367 g/mol. The molecule has 1 heterocycles. The highest BCUT2D eigenvalue weighted by Gasteiger charge is 2.25. The normalized spacial score (nSPS) is 17.3. The van der Waals surface area contributed by atoms with Crippen LogP contribution in [0.25, 0.3) is 0 Å². The molecule has 1 aliphatic heterocycles. The molecule has 1 N–H and O–H groups in total. The van der Waals surface area contributed by atoms with Gasteiger partial charge < -0.3 is 9.64 Å². The van der Waals surface area contributed by atoms with Gasteiger partial charge in [0.2, 0.25) is 10.0 Å². The summed E-state index contributed by atoms with van der Waals surface area (Å²) in [6, 6.07) is 9.79. The Balaban J connectivity index is 1.64. The van der Waals surface area contributed by atoms with Gasteiger partial charge in [-0.2, -0.15) is 0 Å². The summed E-state index contributed by atoms with van der Waals surface area (Å²) in [5.41, 5.74) is 2.40. The molecular formula is C20H25FN2O3S. The van der Waals surface area contributed by atoms with Crippen molar-refractivity contribution in [1.82, 2.24) is 4.72 Å². The molecule has 1 unspecified atom stereocenters. The number of rotatable bonds is 6. The molecule has 1 atom stereocenters. The summed E-state index contributed by atoms with van der Waals surface area (Å²) in [4.78, 5) is 2.44. The third-order valence-corrected chi connectivity index (χ3v) is 6.59. The topological polar surface area (TPSA) is 58.6 Å². The zero-order valence-electron chi connectivity index (χ0n) is 15.8. The van der Waals surface area contributed by atoms with E-state index in [0.717, 1.165) is 30.8 Å². The number of methoxy groups -OCH3 is 1. The van der Waals surface area contributed by atoms with Gasteiger partial charge in [-0.05, 0) is 73.7 Å². The fraction of sp³-hybridized carbons (Fsp3) is 0.400. The quantitative estimate of drug-likeness (QED) is 0.820. The van der Waals surface area contributed by atoms with Crippen LogP contribution >= 0.6 is 0 Å². The summed E-state index contributed by atoms with van der Waals surface area (Å²) in [7, 11) is -2.02. The van der Waals surface area contributed by atoms with Crippen molar-refractivity contribution in [3.63, 3.8) is 0 Å². The molecule has 27 heavy (non-hydrogen) atoms. The lowest BCUT2D eigenvalue weighted by molar-refractivity contribution is 0.411. The van der Waals surface area contributed by atoms with E-state index in [-0.39, 0.29) is 16.6 Å². The van der Waals surface area contributed by atoms with Gasteiger partial charge in [-0.1, -0.05) is 0 Å². The Labute approximate surface area is 160 Å². The zero-order chi connectivity index (χ0) is 19.6. The van der Waals surface area contributed by atoms with E-state index in [1.54, 1.807) is 38.3 Å². The van der Waals surface area contributed by atoms with Crippen LogP contribution in [-0.2, 0) is 10.0 Å². The Hall–Kier alpha value is -2.12. The van der Waals surface area contributed by atoms with Crippen LogP contribution in [-0.4, -0.2) is 35.2 Å². The summed E-state index contributed by atoms with van der Waals surface area (Å²) < 4.78 is 46.6. The molecule has 3 rings (SSSR count). The first kappa shape index (κ1) is 19.6. The Morgan fingerprint density at radius 3 is 2.56 bits per heavy atom. The SMILES string of the molecule is COc1cc(C)c(S(=O)(=O)NCC2CCN(c3ccc(F)cc3)C2)cc1C. The van der Waals surface area contributed by atoms with Crippen LogP contribution in [0, 0.1) is 25.6 Å². The number of nitrogens with one attached hydrogen (secondary N) is 1. The first-order valence-electron chi connectivity index (χ1n) is 8.95. The van der Waals surface area contributed by atoms with Crippen molar-refractivity contribution >= 4 is 15.7 Å². The number of hydrogen-bond donors (Lipinski definition) is 1. The lowest BCUT2D eigenvalue weighted by Gasteiger charge is -2.19. The zero-order valence-corrected chi connectivity index (χ0v) is 16.6. The minimum atomic E-state index is -3.59. The van der Waals surface area contributed by atoms with E-state index in [9.17, 15) is 12.8 Å². The van der Waals surface area contributed by atoms with Gasteiger partial charge in [0.05, 0.1) is 12.0 Å². The summed E-state index contributed by atoms with van der Waals surface area (Å²) in [6.45, 7) is 5.55. The van der Waals surface area contributed by atoms with Gasteiger partial charge in [0.1, 0.15) is 11.6 Å². The van der Waals surface area contributed by atoms with E-state index in [2.05, 4.69) is 9.62 Å². The highest BCUT2D eigenvalue weighted by atomic mass is 32.2. The molecule has 7 heteroatoms. The second-order valence-electron chi connectivity index (χ2n) is 7.02. The summed E-state index contributed by atoms with van der Waals surface area (Å²) in [5, 5.41) is 0. The van der Waals surface area contributed by atoms with Crippen LogP contribution in [0.15, 0.2) is 41.3 Å². The molecule has 0 saturated carbocycles.